The van der Waals surface area contributed by atoms with Crippen LogP contribution in [0.4, 0.5) is 0 Å². The number of ether oxygens (including phenoxy) is 1. The van der Waals surface area contributed by atoms with E-state index in [2.05, 4.69) is 78.9 Å². The highest BCUT2D eigenvalue weighted by molar-refractivity contribution is 6.43. The van der Waals surface area contributed by atoms with E-state index >= 15 is 0 Å². The lowest BCUT2D eigenvalue weighted by molar-refractivity contribution is -0.140. The van der Waals surface area contributed by atoms with Gasteiger partial charge in [0.05, 0.1) is 7.11 Å². The van der Waals surface area contributed by atoms with Crippen molar-refractivity contribution >= 4 is 65.9 Å². The molecule has 7 aliphatic carbocycles. The standard InChI is InChI=1S/C44H26O2/c1-46-29(45)8-5-13-42(27-6-3-2-4-7-27)43-28-18-23-12-11-22-15-25-17-24-14-20-9-10-21-16-26(19-28)40(43)37-31(21)30(20)35-32(24)33(25)36-34(22)39(23)44(42,43)41(36)38(35)37/h2-4,6-7,9-12,14-16,18H,5,8,13,17,19H2,1H3. The summed E-state index contributed by atoms with van der Waals surface area (Å²) in [6.45, 7) is 0. The van der Waals surface area contributed by atoms with Gasteiger partial charge in [-0.05, 0) is 135 Å². The largest absolute Gasteiger partial charge is 0.469 e. The maximum Gasteiger partial charge on any atom is 0.305 e. The van der Waals surface area contributed by atoms with Crippen LogP contribution in [0.15, 0.2) is 78.4 Å². The lowest BCUT2D eigenvalue weighted by Gasteiger charge is -2.34. The van der Waals surface area contributed by atoms with Crippen molar-refractivity contribution in [2.45, 2.75) is 48.3 Å². The maximum atomic E-state index is 12.7. The molecule has 214 valence electrons. The Morgan fingerprint density at radius 3 is 2.22 bits per heavy atom. The van der Waals surface area contributed by atoms with Gasteiger partial charge in [-0.3, -0.25) is 4.79 Å². The summed E-state index contributed by atoms with van der Waals surface area (Å²) < 4.78 is 5.21. The number of benzene rings is 7. The van der Waals surface area contributed by atoms with Crippen LogP contribution >= 0.6 is 0 Å². The summed E-state index contributed by atoms with van der Waals surface area (Å²) >= 11 is 0. The van der Waals surface area contributed by atoms with Gasteiger partial charge < -0.3 is 4.74 Å². The summed E-state index contributed by atoms with van der Waals surface area (Å²) in [7, 11) is 1.53. The molecule has 2 heteroatoms. The van der Waals surface area contributed by atoms with Gasteiger partial charge in [0, 0.05) is 22.7 Å². The Morgan fingerprint density at radius 2 is 1.39 bits per heavy atom. The third-order valence-electron chi connectivity index (χ3n) is 14.1. The number of esters is 1. The first kappa shape index (κ1) is 22.5. The number of allylic oxidation sites excluding steroid dienone is 1. The summed E-state index contributed by atoms with van der Waals surface area (Å²) in [6, 6.07) is 28.8. The summed E-state index contributed by atoms with van der Waals surface area (Å²) in [5, 5.41) is 14.9. The van der Waals surface area contributed by atoms with E-state index in [4.69, 9.17) is 4.74 Å². The SMILES string of the molecule is COC(=O)CCCC1(c2ccccc2)C23C4=Cc5ccc6cc7c8c9c(c%10c%11c8c(cc8ccc%12cc(c2c-%10c%12c8%11)C4)C7)C13c5c69. The lowest BCUT2D eigenvalue weighted by Crippen LogP contribution is -2.28. The molecule has 3 atom stereocenters. The second kappa shape index (κ2) is 6.35. The van der Waals surface area contributed by atoms with Crippen LogP contribution in [0.5, 0.6) is 0 Å². The molecule has 14 rings (SSSR count). The van der Waals surface area contributed by atoms with E-state index in [1.807, 2.05) is 0 Å². The first-order valence-corrected chi connectivity index (χ1v) is 17.0. The summed E-state index contributed by atoms with van der Waals surface area (Å²) in [5.41, 5.74) is 16.5. The van der Waals surface area contributed by atoms with E-state index < -0.39 is 0 Å². The molecule has 0 aromatic heterocycles. The minimum absolute atomic E-state index is 0.103. The smallest absolute Gasteiger partial charge is 0.305 e. The molecule has 2 nitrogen and oxygen atoms in total. The second-order valence-corrected chi connectivity index (χ2v) is 15.2. The fourth-order valence-electron chi connectivity index (χ4n) is 13.4. The Hall–Kier alpha value is -4.95. The number of carbonyl (C=O) groups is 1. The van der Waals surface area contributed by atoms with Crippen LogP contribution in [0.2, 0.25) is 0 Å². The Balaban J connectivity index is 1.30. The van der Waals surface area contributed by atoms with Gasteiger partial charge in [0.2, 0.25) is 0 Å². The van der Waals surface area contributed by atoms with Crippen molar-refractivity contribution in [2.75, 3.05) is 7.11 Å². The fourth-order valence-corrected chi connectivity index (χ4v) is 13.4. The van der Waals surface area contributed by atoms with Crippen LogP contribution in [-0.2, 0) is 38.6 Å². The minimum Gasteiger partial charge on any atom is -0.469 e. The van der Waals surface area contributed by atoms with E-state index in [1.54, 1.807) is 54.9 Å². The summed E-state index contributed by atoms with van der Waals surface area (Å²) in [5.74, 6) is -0.103. The van der Waals surface area contributed by atoms with E-state index in [-0.39, 0.29) is 22.2 Å². The number of carbonyl (C=O) groups excluding carboxylic acids is 1. The van der Waals surface area contributed by atoms with Crippen LogP contribution in [0, 0.1) is 0 Å². The maximum absolute atomic E-state index is 12.7. The molecular formula is C44H26O2. The van der Waals surface area contributed by atoms with Gasteiger partial charge in [-0.1, -0.05) is 84.4 Å². The van der Waals surface area contributed by atoms with Crippen LogP contribution in [0.25, 0.3) is 71.1 Å². The van der Waals surface area contributed by atoms with E-state index in [0.717, 1.165) is 25.7 Å². The van der Waals surface area contributed by atoms with Gasteiger partial charge in [0.25, 0.3) is 0 Å². The molecule has 7 aromatic rings. The van der Waals surface area contributed by atoms with Crippen molar-refractivity contribution in [3.63, 3.8) is 0 Å². The molecule has 0 radical (unpaired) electrons. The number of rotatable bonds is 5. The van der Waals surface area contributed by atoms with Crippen molar-refractivity contribution < 1.29 is 9.53 Å². The van der Waals surface area contributed by atoms with Crippen molar-refractivity contribution in [3.8, 4) is 11.1 Å². The topological polar surface area (TPSA) is 26.3 Å². The molecule has 3 unspecified atom stereocenters. The second-order valence-electron chi connectivity index (χ2n) is 15.2. The lowest BCUT2D eigenvalue weighted by atomic mass is 9.67. The van der Waals surface area contributed by atoms with E-state index in [9.17, 15) is 4.79 Å². The average molecular weight is 587 g/mol. The monoisotopic (exact) mass is 586 g/mol. The van der Waals surface area contributed by atoms with E-state index in [1.165, 1.54) is 67.2 Å². The average Bonchev–Trinajstić information content (AvgIpc) is 3.53. The first-order chi connectivity index (χ1) is 22.7. The number of hydrogen-bond acceptors (Lipinski definition) is 2. The van der Waals surface area contributed by atoms with Crippen LogP contribution in [-0.4, -0.2) is 13.1 Å². The Kier molecular flexibility index (Phi) is 3.11. The number of methoxy groups -OCH3 is 1. The predicted octanol–water partition coefficient (Wildman–Crippen LogP) is 9.44. The Labute approximate surface area is 264 Å². The van der Waals surface area contributed by atoms with Gasteiger partial charge in [-0.2, -0.15) is 0 Å². The van der Waals surface area contributed by atoms with Gasteiger partial charge in [0.15, 0.2) is 0 Å². The molecule has 0 saturated heterocycles. The van der Waals surface area contributed by atoms with Gasteiger partial charge in [-0.25, -0.2) is 0 Å². The number of hydrogen-bond donors (Lipinski definition) is 0. The third kappa shape index (κ3) is 1.72. The van der Waals surface area contributed by atoms with Crippen LogP contribution in [0.3, 0.4) is 0 Å². The normalized spacial score (nSPS) is 26.1. The summed E-state index contributed by atoms with van der Waals surface area (Å²) in [6.07, 6.45) is 6.86. The highest BCUT2D eigenvalue weighted by Crippen LogP contribution is 2.94. The molecule has 1 fully saturated rings. The minimum atomic E-state index is -0.184. The van der Waals surface area contributed by atoms with Gasteiger partial charge in [0.1, 0.15) is 0 Å². The zero-order valence-corrected chi connectivity index (χ0v) is 25.4. The predicted molar refractivity (Wildman–Crippen MR) is 184 cm³/mol. The molecular weight excluding hydrogens is 560 g/mol. The first-order valence-electron chi connectivity index (χ1n) is 17.0. The molecule has 0 aliphatic heterocycles. The Bertz CT molecular complexity index is 2890. The third-order valence-corrected chi connectivity index (χ3v) is 14.1. The zero-order chi connectivity index (χ0) is 29.6. The molecule has 0 amide bonds. The molecule has 7 aromatic carbocycles. The molecule has 0 N–H and O–H groups in total. The van der Waals surface area contributed by atoms with Crippen molar-refractivity contribution in [2.24, 2.45) is 0 Å². The molecule has 0 bridgehead atoms. The molecule has 0 heterocycles. The molecule has 1 saturated carbocycles. The van der Waals surface area contributed by atoms with Crippen molar-refractivity contribution in [1.29, 1.82) is 0 Å². The van der Waals surface area contributed by atoms with Crippen molar-refractivity contribution in [1.82, 2.24) is 0 Å². The van der Waals surface area contributed by atoms with Gasteiger partial charge in [-0.15, -0.1) is 0 Å². The van der Waals surface area contributed by atoms with Gasteiger partial charge >= 0.3 is 5.97 Å². The van der Waals surface area contributed by atoms with E-state index in [0.29, 0.717) is 6.42 Å². The Morgan fingerprint density at radius 1 is 0.674 bits per heavy atom. The summed E-state index contributed by atoms with van der Waals surface area (Å²) in [4.78, 5) is 12.7. The van der Waals surface area contributed by atoms with Crippen molar-refractivity contribution in [3.05, 3.63) is 123 Å². The quantitative estimate of drug-likeness (QED) is 0.148. The molecule has 2 spiro atoms. The molecule has 46 heavy (non-hydrogen) atoms. The highest BCUT2D eigenvalue weighted by Gasteiger charge is 2.94. The zero-order valence-electron chi connectivity index (χ0n) is 25.4. The highest BCUT2D eigenvalue weighted by atomic mass is 16.5. The molecule has 7 aliphatic rings. The van der Waals surface area contributed by atoms with Crippen LogP contribution < -0.4 is 0 Å². The van der Waals surface area contributed by atoms with Crippen LogP contribution in [0.1, 0.15) is 63.8 Å². The fraction of sp³-hybridized carbons (Fsp3) is 0.205.